The Morgan fingerprint density at radius 1 is 0.955 bits per heavy atom. The quantitative estimate of drug-likeness (QED) is 0.225. The normalized spacial score (nSPS) is 14.5. The molecule has 0 saturated heterocycles. The van der Waals surface area contributed by atoms with E-state index in [0.29, 0.717) is 18.0 Å². The predicted octanol–water partition coefficient (Wildman–Crippen LogP) is 6.18. The maximum absolute atomic E-state index is 14.2. The average molecular weight is 638 g/mol. The summed E-state index contributed by atoms with van der Waals surface area (Å²) < 4.78 is 34.9. The van der Waals surface area contributed by atoms with E-state index in [1.807, 2.05) is 44.4 Å². The Kier molecular flexibility index (Phi) is 11.7. The highest BCUT2D eigenvalue weighted by molar-refractivity contribution is 7.98. The maximum Gasteiger partial charge on any atom is 0.264 e. The van der Waals surface area contributed by atoms with E-state index in [-0.39, 0.29) is 23.4 Å². The summed E-state index contributed by atoms with van der Waals surface area (Å²) in [5.74, 6) is -0.117. The third kappa shape index (κ3) is 8.57. The van der Waals surface area contributed by atoms with Gasteiger partial charge in [-0.2, -0.15) is 0 Å². The van der Waals surface area contributed by atoms with Crippen molar-refractivity contribution in [1.29, 1.82) is 0 Å². The van der Waals surface area contributed by atoms with Crippen LogP contribution in [0.5, 0.6) is 5.75 Å². The molecule has 236 valence electrons. The van der Waals surface area contributed by atoms with Crippen LogP contribution in [0.1, 0.15) is 57.1 Å². The van der Waals surface area contributed by atoms with Crippen molar-refractivity contribution in [3.63, 3.8) is 0 Å². The minimum absolute atomic E-state index is 0.0742. The number of thioether (sulfide) groups is 1. The molecular formula is C34H43N3O5S2. The first-order valence-electron chi connectivity index (χ1n) is 15.2. The topological polar surface area (TPSA) is 96.0 Å². The van der Waals surface area contributed by atoms with Crippen LogP contribution in [0.25, 0.3) is 0 Å². The molecule has 3 aromatic rings. The van der Waals surface area contributed by atoms with E-state index in [4.69, 9.17) is 4.74 Å². The van der Waals surface area contributed by atoms with Gasteiger partial charge in [-0.05, 0) is 94.0 Å². The lowest BCUT2D eigenvalue weighted by Crippen LogP contribution is -2.53. The number of ether oxygens (including phenoxy) is 1. The number of hydrogen-bond acceptors (Lipinski definition) is 6. The molecule has 0 heterocycles. The maximum atomic E-state index is 14.2. The van der Waals surface area contributed by atoms with Gasteiger partial charge in [0.15, 0.2) is 0 Å². The van der Waals surface area contributed by atoms with Gasteiger partial charge in [0, 0.05) is 17.5 Å². The van der Waals surface area contributed by atoms with Crippen molar-refractivity contribution in [3.8, 4) is 5.75 Å². The Balaban J connectivity index is 1.68. The number of amides is 2. The summed E-state index contributed by atoms with van der Waals surface area (Å²) in [6.07, 6.45) is 7.06. The SMILES string of the molecule is CCOc1ccc(N(CC(=O)N(Cc2ccc(C)cc2)[C@@H](C)C(=O)NC2CCCCC2)S(=O)(=O)c2ccc(SC)cc2)cc1. The number of anilines is 1. The van der Waals surface area contributed by atoms with Crippen LogP contribution in [0.2, 0.25) is 0 Å². The smallest absolute Gasteiger partial charge is 0.264 e. The van der Waals surface area contributed by atoms with Gasteiger partial charge in [-0.25, -0.2) is 8.42 Å². The van der Waals surface area contributed by atoms with E-state index < -0.39 is 28.5 Å². The molecule has 1 fully saturated rings. The third-order valence-electron chi connectivity index (χ3n) is 7.95. The van der Waals surface area contributed by atoms with E-state index in [9.17, 15) is 18.0 Å². The van der Waals surface area contributed by atoms with E-state index in [0.717, 1.165) is 52.4 Å². The van der Waals surface area contributed by atoms with Crippen LogP contribution >= 0.6 is 11.8 Å². The Morgan fingerprint density at radius 3 is 2.18 bits per heavy atom. The van der Waals surface area contributed by atoms with Crippen molar-refractivity contribution in [2.45, 2.75) is 81.3 Å². The summed E-state index contributed by atoms with van der Waals surface area (Å²) in [4.78, 5) is 30.2. The van der Waals surface area contributed by atoms with Crippen LogP contribution in [-0.4, -0.2) is 56.6 Å². The Bertz CT molecular complexity index is 1490. The molecule has 0 bridgehead atoms. The van der Waals surface area contributed by atoms with E-state index in [1.165, 1.54) is 16.7 Å². The molecule has 10 heteroatoms. The zero-order chi connectivity index (χ0) is 31.7. The molecule has 0 aromatic heterocycles. The van der Waals surface area contributed by atoms with Crippen molar-refractivity contribution in [2.75, 3.05) is 23.7 Å². The largest absolute Gasteiger partial charge is 0.494 e. The molecule has 8 nitrogen and oxygen atoms in total. The Morgan fingerprint density at radius 2 is 1.59 bits per heavy atom. The second-order valence-electron chi connectivity index (χ2n) is 11.1. The van der Waals surface area contributed by atoms with Gasteiger partial charge in [0.1, 0.15) is 18.3 Å². The van der Waals surface area contributed by atoms with E-state index in [2.05, 4.69) is 5.32 Å². The molecule has 0 spiro atoms. The molecule has 2 amide bonds. The Hall–Kier alpha value is -3.50. The summed E-state index contributed by atoms with van der Waals surface area (Å²) in [6, 6.07) is 20.3. The standard InChI is InChI=1S/C34H43N3O5S2/c1-5-42-30-17-15-29(16-18-30)37(44(40,41)32-21-19-31(43-4)20-22-32)24-33(38)36(23-27-13-11-25(2)12-14-27)26(3)34(39)35-28-9-7-6-8-10-28/h11-22,26,28H,5-10,23-24H2,1-4H3,(H,35,39)/t26-/m0/s1. The number of rotatable bonds is 13. The highest BCUT2D eigenvalue weighted by Gasteiger charge is 2.33. The molecule has 0 aliphatic heterocycles. The lowest BCUT2D eigenvalue weighted by atomic mass is 9.95. The summed E-state index contributed by atoms with van der Waals surface area (Å²) in [7, 11) is -4.14. The fourth-order valence-electron chi connectivity index (χ4n) is 5.32. The monoisotopic (exact) mass is 637 g/mol. The highest BCUT2D eigenvalue weighted by Crippen LogP contribution is 2.28. The highest BCUT2D eigenvalue weighted by atomic mass is 32.2. The first kappa shape index (κ1) is 33.4. The van der Waals surface area contributed by atoms with Crippen molar-refractivity contribution in [1.82, 2.24) is 10.2 Å². The summed E-state index contributed by atoms with van der Waals surface area (Å²) in [5, 5.41) is 3.14. The van der Waals surface area contributed by atoms with Gasteiger partial charge in [-0.1, -0.05) is 49.1 Å². The number of nitrogens with zero attached hydrogens (tertiary/aromatic N) is 2. The lowest BCUT2D eigenvalue weighted by Gasteiger charge is -2.33. The third-order valence-corrected chi connectivity index (χ3v) is 10.5. The van der Waals surface area contributed by atoms with Gasteiger partial charge >= 0.3 is 0 Å². The summed E-state index contributed by atoms with van der Waals surface area (Å²) in [6.45, 7) is 5.72. The number of aryl methyl sites for hydroxylation is 1. The predicted molar refractivity (Wildman–Crippen MR) is 177 cm³/mol. The Labute approximate surface area is 266 Å². The molecule has 1 aliphatic carbocycles. The average Bonchev–Trinajstić information content (AvgIpc) is 3.04. The number of sulfonamides is 1. The van der Waals surface area contributed by atoms with Crippen LogP contribution in [0.15, 0.2) is 82.6 Å². The van der Waals surface area contributed by atoms with Crippen LogP contribution in [-0.2, 0) is 26.2 Å². The first-order valence-corrected chi connectivity index (χ1v) is 17.8. The molecule has 0 radical (unpaired) electrons. The second kappa shape index (κ2) is 15.5. The molecule has 1 N–H and O–H groups in total. The molecule has 44 heavy (non-hydrogen) atoms. The van der Waals surface area contributed by atoms with E-state index in [1.54, 1.807) is 55.5 Å². The number of benzene rings is 3. The van der Waals surface area contributed by atoms with Gasteiger partial charge in [-0.3, -0.25) is 13.9 Å². The van der Waals surface area contributed by atoms with Crippen LogP contribution in [0, 0.1) is 6.92 Å². The van der Waals surface area contributed by atoms with Gasteiger partial charge in [0.25, 0.3) is 10.0 Å². The molecule has 3 aromatic carbocycles. The first-order chi connectivity index (χ1) is 21.1. The molecule has 1 atom stereocenters. The fourth-order valence-corrected chi connectivity index (χ4v) is 7.14. The van der Waals surface area contributed by atoms with Crippen LogP contribution < -0.4 is 14.4 Å². The zero-order valence-electron chi connectivity index (χ0n) is 26.0. The summed E-state index contributed by atoms with van der Waals surface area (Å²) >= 11 is 1.51. The molecule has 0 unspecified atom stereocenters. The number of carbonyl (C=O) groups excluding carboxylic acids is 2. The molecule has 1 saturated carbocycles. The molecular weight excluding hydrogens is 595 g/mol. The second-order valence-corrected chi connectivity index (χ2v) is 13.9. The number of carbonyl (C=O) groups is 2. The van der Waals surface area contributed by atoms with Crippen LogP contribution in [0.3, 0.4) is 0 Å². The van der Waals surface area contributed by atoms with E-state index >= 15 is 0 Å². The molecule has 1 aliphatic rings. The molecule has 4 rings (SSSR count). The minimum atomic E-state index is -4.14. The van der Waals surface area contributed by atoms with Gasteiger partial charge in [0.2, 0.25) is 11.8 Å². The number of hydrogen-bond donors (Lipinski definition) is 1. The van der Waals surface area contributed by atoms with Crippen molar-refractivity contribution in [2.24, 2.45) is 0 Å². The van der Waals surface area contributed by atoms with Crippen molar-refractivity contribution < 1.29 is 22.7 Å². The fraction of sp³-hybridized carbons (Fsp3) is 0.412. The van der Waals surface area contributed by atoms with Gasteiger partial charge in [0.05, 0.1) is 17.2 Å². The van der Waals surface area contributed by atoms with Gasteiger partial charge < -0.3 is 15.0 Å². The zero-order valence-corrected chi connectivity index (χ0v) is 27.6. The minimum Gasteiger partial charge on any atom is -0.494 e. The van der Waals surface area contributed by atoms with Gasteiger partial charge in [-0.15, -0.1) is 11.8 Å². The number of nitrogens with one attached hydrogen (secondary N) is 1. The lowest BCUT2D eigenvalue weighted by molar-refractivity contribution is -0.139. The van der Waals surface area contributed by atoms with Crippen molar-refractivity contribution >= 4 is 39.3 Å². The van der Waals surface area contributed by atoms with Crippen molar-refractivity contribution in [3.05, 3.63) is 83.9 Å². The van der Waals surface area contributed by atoms with Crippen LogP contribution in [0.4, 0.5) is 5.69 Å². The summed E-state index contributed by atoms with van der Waals surface area (Å²) in [5.41, 5.74) is 2.25.